The second-order valence-corrected chi connectivity index (χ2v) is 7.70. The molecule has 0 fully saturated rings. The summed E-state index contributed by atoms with van der Waals surface area (Å²) in [6.07, 6.45) is 0. The molecule has 0 spiro atoms. The third kappa shape index (κ3) is 4.25. The summed E-state index contributed by atoms with van der Waals surface area (Å²) >= 11 is 0.820. The van der Waals surface area contributed by atoms with E-state index in [-0.39, 0.29) is 15.6 Å². The van der Waals surface area contributed by atoms with Crippen LogP contribution in [-0.4, -0.2) is 26.8 Å². The second kappa shape index (κ2) is 6.61. The quantitative estimate of drug-likeness (QED) is 0.654. The molecular weight excluding hydrogens is 338 g/mol. The lowest BCUT2D eigenvalue weighted by Crippen LogP contribution is -2.14. The summed E-state index contributed by atoms with van der Waals surface area (Å²) in [5.41, 5.74) is 2.54. The molecule has 0 aliphatic heterocycles. The second-order valence-electron chi connectivity index (χ2n) is 5.00. The van der Waals surface area contributed by atoms with Gasteiger partial charge in [-0.2, -0.15) is 0 Å². The number of sulfonamides is 1. The van der Waals surface area contributed by atoms with Gasteiger partial charge < -0.3 is 4.74 Å². The van der Waals surface area contributed by atoms with E-state index >= 15 is 0 Å². The molecule has 0 saturated heterocycles. The molecule has 2 rings (SSSR count). The highest BCUT2D eigenvalue weighted by Crippen LogP contribution is 2.19. The first-order chi connectivity index (χ1) is 10.7. The summed E-state index contributed by atoms with van der Waals surface area (Å²) in [5, 5.41) is 6.29. The highest BCUT2D eigenvalue weighted by atomic mass is 32.2. The number of benzene rings is 1. The van der Waals surface area contributed by atoms with Gasteiger partial charge in [0.05, 0.1) is 5.56 Å². The third-order valence-corrected chi connectivity index (χ3v) is 5.64. The summed E-state index contributed by atoms with van der Waals surface area (Å²) in [4.78, 5) is 23.9. The van der Waals surface area contributed by atoms with Crippen molar-refractivity contribution in [1.82, 2.24) is 0 Å². The van der Waals surface area contributed by atoms with Gasteiger partial charge in [0.2, 0.25) is 10.0 Å². The number of carbonyl (C=O) groups is 2. The molecule has 0 aliphatic rings. The molecule has 6 nitrogen and oxygen atoms in total. The maximum Gasteiger partial charge on any atom is 0.339 e. The predicted molar refractivity (Wildman–Crippen MR) is 86.2 cm³/mol. The average Bonchev–Trinajstić information content (AvgIpc) is 2.97. The highest BCUT2D eigenvalue weighted by Gasteiger charge is 2.17. The van der Waals surface area contributed by atoms with E-state index in [2.05, 4.69) is 0 Å². The van der Waals surface area contributed by atoms with Crippen molar-refractivity contribution in [3.8, 4) is 0 Å². The van der Waals surface area contributed by atoms with E-state index in [0.29, 0.717) is 5.56 Å². The van der Waals surface area contributed by atoms with Crippen molar-refractivity contribution in [3.05, 3.63) is 51.9 Å². The molecule has 2 N–H and O–H groups in total. The van der Waals surface area contributed by atoms with Gasteiger partial charge in [-0.25, -0.2) is 18.4 Å². The van der Waals surface area contributed by atoms with Crippen LogP contribution in [0.5, 0.6) is 0 Å². The molecule has 8 heteroatoms. The Kier molecular flexibility index (Phi) is 4.98. The fraction of sp³-hybridized carbons (Fsp3) is 0.200. The summed E-state index contributed by atoms with van der Waals surface area (Å²) in [7, 11) is -3.85. The standard InChI is InChI=1S/C15H15NO5S2/c1-9-3-4-11(5-10(9)2)13(17)7-21-15(18)12-6-14(22-8-12)23(16,19)20/h3-6,8H,7H2,1-2H3,(H2,16,19,20). The number of thiophene rings is 1. The number of nitrogens with two attached hydrogens (primary N) is 1. The van der Waals surface area contributed by atoms with Crippen LogP contribution in [0.3, 0.4) is 0 Å². The van der Waals surface area contributed by atoms with Gasteiger partial charge >= 0.3 is 5.97 Å². The number of hydrogen-bond acceptors (Lipinski definition) is 6. The minimum absolute atomic E-state index is 0.0481. The maximum absolute atomic E-state index is 12.0. The van der Waals surface area contributed by atoms with E-state index in [1.165, 1.54) is 5.38 Å². The SMILES string of the molecule is Cc1ccc(C(=O)COC(=O)c2csc(S(N)(=O)=O)c2)cc1C. The Morgan fingerprint density at radius 1 is 1.13 bits per heavy atom. The molecule has 0 radical (unpaired) electrons. The summed E-state index contributed by atoms with van der Waals surface area (Å²) in [6, 6.07) is 6.35. The number of Topliss-reactive ketones (excluding diaryl/α,β-unsaturated/α-hetero) is 1. The van der Waals surface area contributed by atoms with Crippen LogP contribution in [0.4, 0.5) is 0 Å². The van der Waals surface area contributed by atoms with Crippen LogP contribution in [0.1, 0.15) is 31.8 Å². The first-order valence-electron chi connectivity index (χ1n) is 6.57. The van der Waals surface area contributed by atoms with Crippen molar-refractivity contribution in [2.24, 2.45) is 5.14 Å². The molecule has 0 amide bonds. The van der Waals surface area contributed by atoms with E-state index in [0.717, 1.165) is 28.5 Å². The number of hydrogen-bond donors (Lipinski definition) is 1. The molecule has 1 heterocycles. The van der Waals surface area contributed by atoms with E-state index in [9.17, 15) is 18.0 Å². The number of ketones is 1. The van der Waals surface area contributed by atoms with Crippen molar-refractivity contribution in [2.45, 2.75) is 18.1 Å². The zero-order valence-corrected chi connectivity index (χ0v) is 14.2. The molecule has 0 bridgehead atoms. The van der Waals surface area contributed by atoms with E-state index in [4.69, 9.17) is 9.88 Å². The Balaban J connectivity index is 2.02. The van der Waals surface area contributed by atoms with Gasteiger partial charge in [-0.15, -0.1) is 11.3 Å². The normalized spacial score (nSPS) is 11.3. The average molecular weight is 353 g/mol. The topological polar surface area (TPSA) is 104 Å². The molecule has 23 heavy (non-hydrogen) atoms. The number of aryl methyl sites for hydroxylation is 2. The van der Waals surface area contributed by atoms with E-state index in [1.807, 2.05) is 19.9 Å². The Morgan fingerprint density at radius 2 is 1.83 bits per heavy atom. The van der Waals surface area contributed by atoms with Crippen LogP contribution in [0.2, 0.25) is 0 Å². The molecule has 1 aromatic carbocycles. The van der Waals surface area contributed by atoms with Gasteiger partial charge in [-0.3, -0.25) is 4.79 Å². The highest BCUT2D eigenvalue weighted by molar-refractivity contribution is 7.91. The third-order valence-electron chi connectivity index (χ3n) is 3.25. The summed E-state index contributed by atoms with van der Waals surface area (Å²) in [5.74, 6) is -1.10. The first-order valence-corrected chi connectivity index (χ1v) is 9.00. The van der Waals surface area contributed by atoms with Crippen LogP contribution in [-0.2, 0) is 14.8 Å². The van der Waals surface area contributed by atoms with Gasteiger partial charge in [-0.05, 0) is 37.1 Å². The predicted octanol–water partition coefficient (Wildman–Crippen LogP) is 2.05. The fourth-order valence-electron chi connectivity index (χ4n) is 1.79. The number of primary sulfonamides is 1. The number of esters is 1. The van der Waals surface area contributed by atoms with Gasteiger partial charge in [0.15, 0.2) is 12.4 Å². The monoisotopic (exact) mass is 353 g/mol. The van der Waals surface area contributed by atoms with Gasteiger partial charge in [-0.1, -0.05) is 12.1 Å². The van der Waals surface area contributed by atoms with Crippen molar-refractivity contribution in [1.29, 1.82) is 0 Å². The molecular formula is C15H15NO5S2. The Hall–Kier alpha value is -2.03. The van der Waals surface area contributed by atoms with Crippen LogP contribution >= 0.6 is 11.3 Å². The van der Waals surface area contributed by atoms with Gasteiger partial charge in [0, 0.05) is 10.9 Å². The Bertz CT molecular complexity index is 868. The van der Waals surface area contributed by atoms with Crippen molar-refractivity contribution in [3.63, 3.8) is 0 Å². The Labute approximate surface area is 137 Å². The van der Waals surface area contributed by atoms with E-state index in [1.54, 1.807) is 12.1 Å². The smallest absolute Gasteiger partial charge is 0.339 e. The maximum atomic E-state index is 12.0. The van der Waals surface area contributed by atoms with E-state index < -0.39 is 22.6 Å². The first kappa shape index (κ1) is 17.3. The van der Waals surface area contributed by atoms with Crippen molar-refractivity contribution < 1.29 is 22.7 Å². The number of carbonyl (C=O) groups excluding carboxylic acids is 2. The summed E-state index contributed by atoms with van der Waals surface area (Å²) < 4.78 is 27.1. The summed E-state index contributed by atoms with van der Waals surface area (Å²) in [6.45, 7) is 3.41. The molecule has 122 valence electrons. The largest absolute Gasteiger partial charge is 0.454 e. The minimum atomic E-state index is -3.85. The lowest BCUT2D eigenvalue weighted by molar-refractivity contribution is 0.0475. The van der Waals surface area contributed by atoms with Crippen molar-refractivity contribution in [2.75, 3.05) is 6.61 Å². The zero-order chi connectivity index (χ0) is 17.2. The lowest BCUT2D eigenvalue weighted by Gasteiger charge is -2.05. The molecule has 0 aliphatic carbocycles. The molecule has 0 saturated carbocycles. The van der Waals surface area contributed by atoms with Crippen LogP contribution in [0.25, 0.3) is 0 Å². The Morgan fingerprint density at radius 3 is 2.39 bits per heavy atom. The number of ether oxygens (including phenoxy) is 1. The lowest BCUT2D eigenvalue weighted by atomic mass is 10.0. The van der Waals surface area contributed by atoms with Crippen LogP contribution < -0.4 is 5.14 Å². The van der Waals surface area contributed by atoms with Crippen LogP contribution in [0.15, 0.2) is 33.9 Å². The van der Waals surface area contributed by atoms with Gasteiger partial charge in [0.25, 0.3) is 0 Å². The van der Waals surface area contributed by atoms with Gasteiger partial charge in [0.1, 0.15) is 4.21 Å². The fourth-order valence-corrected chi connectivity index (χ4v) is 3.36. The molecule has 0 unspecified atom stereocenters. The molecule has 1 aromatic heterocycles. The van der Waals surface area contributed by atoms with Crippen LogP contribution in [0, 0.1) is 13.8 Å². The molecule has 0 atom stereocenters. The van der Waals surface area contributed by atoms with Crippen molar-refractivity contribution >= 4 is 33.1 Å². The molecule has 2 aromatic rings. The zero-order valence-electron chi connectivity index (χ0n) is 12.5. The number of rotatable bonds is 5. The minimum Gasteiger partial charge on any atom is -0.454 e.